The van der Waals surface area contributed by atoms with E-state index in [0.29, 0.717) is 23.2 Å². The van der Waals surface area contributed by atoms with Crippen molar-refractivity contribution in [3.63, 3.8) is 0 Å². The number of hydrogen-bond donors (Lipinski definition) is 3. The molecule has 0 heterocycles. The van der Waals surface area contributed by atoms with Gasteiger partial charge in [0, 0.05) is 24.3 Å². The van der Waals surface area contributed by atoms with E-state index in [1.54, 1.807) is 24.3 Å². The van der Waals surface area contributed by atoms with Crippen molar-refractivity contribution in [2.24, 2.45) is 5.92 Å². The van der Waals surface area contributed by atoms with E-state index in [1.165, 1.54) is 18.1 Å². The van der Waals surface area contributed by atoms with Crippen LogP contribution in [0.15, 0.2) is 48.5 Å². The minimum Gasteiger partial charge on any atom is -0.326 e. The minimum atomic E-state index is -0.122. The van der Waals surface area contributed by atoms with Crippen LogP contribution < -0.4 is 16.0 Å². The maximum absolute atomic E-state index is 12.4. The Kier molecular flexibility index (Phi) is 8.40. The lowest BCUT2D eigenvalue weighted by Gasteiger charge is -2.23. The molecule has 0 bridgehead atoms. The predicted octanol–water partition coefficient (Wildman–Crippen LogP) is 5.08. The largest absolute Gasteiger partial charge is 0.326 e. The molecule has 2 aromatic carbocycles. The van der Waals surface area contributed by atoms with Crippen LogP contribution in [0.3, 0.4) is 0 Å². The van der Waals surface area contributed by atoms with Gasteiger partial charge in [-0.15, -0.1) is 0 Å². The second kappa shape index (κ2) is 10.8. The first kappa shape index (κ1) is 22.6. The molecule has 0 radical (unpaired) electrons. The van der Waals surface area contributed by atoms with Crippen LogP contribution in [0.5, 0.6) is 0 Å². The molecule has 0 saturated heterocycles. The molecule has 0 fully saturated rings. The van der Waals surface area contributed by atoms with Crippen LogP contribution >= 0.6 is 0 Å². The Balaban J connectivity index is 1.94. The molecular weight excluding hydrogens is 362 g/mol. The molecule has 0 saturated carbocycles. The molecule has 2 aromatic rings. The van der Waals surface area contributed by atoms with Crippen molar-refractivity contribution in [3.05, 3.63) is 59.7 Å². The van der Waals surface area contributed by atoms with Gasteiger partial charge in [0.1, 0.15) is 0 Å². The highest BCUT2D eigenvalue weighted by molar-refractivity contribution is 5.93. The third kappa shape index (κ3) is 7.02. The van der Waals surface area contributed by atoms with Crippen LogP contribution in [0.1, 0.15) is 64.1 Å². The van der Waals surface area contributed by atoms with Crippen molar-refractivity contribution >= 4 is 23.2 Å². The van der Waals surface area contributed by atoms with Gasteiger partial charge in [0.2, 0.25) is 11.8 Å². The molecule has 2 rings (SSSR count). The number of anilines is 2. The van der Waals surface area contributed by atoms with E-state index < -0.39 is 0 Å². The molecule has 0 aliphatic carbocycles. The molecule has 0 aliphatic heterocycles. The normalized spacial score (nSPS) is 13.0. The SMILES string of the molecule is CC[C@@H](C)c1ccc([C@H](NCC(=O)Nc2ccc(NC(C)=O)cc2)C(C)C)cc1. The molecule has 29 heavy (non-hydrogen) atoms. The maximum atomic E-state index is 12.4. The quantitative estimate of drug-likeness (QED) is 0.554. The van der Waals surface area contributed by atoms with Crippen LogP contribution in [0.2, 0.25) is 0 Å². The van der Waals surface area contributed by atoms with Crippen LogP contribution in [0, 0.1) is 5.92 Å². The zero-order valence-corrected chi connectivity index (χ0v) is 18.1. The summed E-state index contributed by atoms with van der Waals surface area (Å²) >= 11 is 0. The summed E-state index contributed by atoms with van der Waals surface area (Å²) < 4.78 is 0. The fourth-order valence-corrected chi connectivity index (χ4v) is 3.25. The molecule has 2 atom stereocenters. The van der Waals surface area contributed by atoms with E-state index in [1.807, 2.05) is 0 Å². The summed E-state index contributed by atoms with van der Waals surface area (Å²) in [4.78, 5) is 23.4. The molecule has 0 aromatic heterocycles. The standard InChI is InChI=1S/C24H33N3O2/c1-6-17(4)19-7-9-20(10-8-19)24(16(2)3)25-15-23(29)27-22-13-11-21(12-14-22)26-18(5)28/h7-14,16-17,24-25H,6,15H2,1-5H3,(H,26,28)(H,27,29)/t17-,24-/m1/s1. The fraction of sp³-hybridized carbons (Fsp3) is 0.417. The molecule has 156 valence electrons. The average molecular weight is 396 g/mol. The van der Waals surface area contributed by atoms with Crippen LogP contribution in [-0.4, -0.2) is 18.4 Å². The number of amides is 2. The van der Waals surface area contributed by atoms with E-state index in [2.05, 4.69) is 67.9 Å². The third-order valence-electron chi connectivity index (χ3n) is 5.12. The molecular formula is C24H33N3O2. The first-order valence-corrected chi connectivity index (χ1v) is 10.3. The van der Waals surface area contributed by atoms with E-state index >= 15 is 0 Å². The van der Waals surface area contributed by atoms with Crippen molar-refractivity contribution in [1.82, 2.24) is 5.32 Å². The van der Waals surface area contributed by atoms with E-state index in [-0.39, 0.29) is 24.4 Å². The maximum Gasteiger partial charge on any atom is 0.238 e. The van der Waals surface area contributed by atoms with E-state index in [0.717, 1.165) is 6.42 Å². The Morgan fingerprint density at radius 3 is 1.83 bits per heavy atom. The van der Waals surface area contributed by atoms with Crippen LogP contribution in [-0.2, 0) is 9.59 Å². The van der Waals surface area contributed by atoms with Crippen molar-refractivity contribution in [1.29, 1.82) is 0 Å². The van der Waals surface area contributed by atoms with Gasteiger partial charge < -0.3 is 16.0 Å². The second-order valence-electron chi connectivity index (χ2n) is 7.89. The zero-order valence-electron chi connectivity index (χ0n) is 18.1. The number of rotatable bonds is 9. The number of carbonyl (C=O) groups is 2. The zero-order chi connectivity index (χ0) is 21.4. The number of benzene rings is 2. The molecule has 5 nitrogen and oxygen atoms in total. The Morgan fingerprint density at radius 2 is 1.34 bits per heavy atom. The summed E-state index contributed by atoms with van der Waals surface area (Å²) in [5.41, 5.74) is 3.94. The number of carbonyl (C=O) groups excluding carboxylic acids is 2. The predicted molar refractivity (Wildman–Crippen MR) is 120 cm³/mol. The van der Waals surface area contributed by atoms with Gasteiger partial charge in [-0.3, -0.25) is 9.59 Å². The molecule has 0 aliphatic rings. The molecule has 2 amide bonds. The Bertz CT molecular complexity index is 798. The van der Waals surface area contributed by atoms with Crippen LogP contribution in [0.4, 0.5) is 11.4 Å². The summed E-state index contributed by atoms with van der Waals surface area (Å²) in [6, 6.07) is 15.9. The monoisotopic (exact) mass is 395 g/mol. The van der Waals surface area contributed by atoms with E-state index in [4.69, 9.17) is 0 Å². The Hall–Kier alpha value is -2.66. The lowest BCUT2D eigenvalue weighted by atomic mass is 9.92. The Labute approximate surface area is 174 Å². The lowest BCUT2D eigenvalue weighted by molar-refractivity contribution is -0.116. The van der Waals surface area contributed by atoms with Gasteiger partial charge in [-0.2, -0.15) is 0 Å². The first-order chi connectivity index (χ1) is 13.8. The van der Waals surface area contributed by atoms with Gasteiger partial charge >= 0.3 is 0 Å². The highest BCUT2D eigenvalue weighted by atomic mass is 16.2. The van der Waals surface area contributed by atoms with Gasteiger partial charge in [-0.1, -0.05) is 52.0 Å². The summed E-state index contributed by atoms with van der Waals surface area (Å²) in [6.07, 6.45) is 1.12. The second-order valence-corrected chi connectivity index (χ2v) is 7.89. The van der Waals surface area contributed by atoms with Gasteiger partial charge in [0.05, 0.1) is 6.54 Å². The highest BCUT2D eigenvalue weighted by Crippen LogP contribution is 2.25. The lowest BCUT2D eigenvalue weighted by Crippen LogP contribution is -2.33. The van der Waals surface area contributed by atoms with Crippen molar-refractivity contribution in [2.45, 2.75) is 53.0 Å². The molecule has 3 N–H and O–H groups in total. The summed E-state index contributed by atoms with van der Waals surface area (Å²) in [7, 11) is 0. The minimum absolute atomic E-state index is 0.0980. The van der Waals surface area contributed by atoms with Gasteiger partial charge in [-0.25, -0.2) is 0 Å². The topological polar surface area (TPSA) is 70.2 Å². The third-order valence-corrected chi connectivity index (χ3v) is 5.12. The number of nitrogens with one attached hydrogen (secondary N) is 3. The van der Waals surface area contributed by atoms with Gasteiger partial charge in [0.25, 0.3) is 0 Å². The summed E-state index contributed by atoms with van der Waals surface area (Å²) in [6.45, 7) is 10.4. The first-order valence-electron chi connectivity index (χ1n) is 10.3. The summed E-state index contributed by atoms with van der Waals surface area (Å²) in [5.74, 6) is 0.688. The summed E-state index contributed by atoms with van der Waals surface area (Å²) in [5, 5.41) is 8.98. The smallest absolute Gasteiger partial charge is 0.238 e. The molecule has 0 unspecified atom stereocenters. The molecule has 0 spiro atoms. The van der Waals surface area contributed by atoms with Gasteiger partial charge in [-0.05, 0) is 53.6 Å². The van der Waals surface area contributed by atoms with Crippen molar-refractivity contribution in [2.75, 3.05) is 17.2 Å². The van der Waals surface area contributed by atoms with E-state index in [9.17, 15) is 9.59 Å². The van der Waals surface area contributed by atoms with Crippen LogP contribution in [0.25, 0.3) is 0 Å². The fourth-order valence-electron chi connectivity index (χ4n) is 3.25. The van der Waals surface area contributed by atoms with Gasteiger partial charge in [0.15, 0.2) is 0 Å². The molecule has 5 heteroatoms. The highest BCUT2D eigenvalue weighted by Gasteiger charge is 2.17. The Morgan fingerprint density at radius 1 is 0.828 bits per heavy atom. The number of hydrogen-bond acceptors (Lipinski definition) is 3. The van der Waals surface area contributed by atoms with Crippen molar-refractivity contribution < 1.29 is 9.59 Å². The average Bonchev–Trinajstić information content (AvgIpc) is 2.69. The van der Waals surface area contributed by atoms with Crippen molar-refractivity contribution in [3.8, 4) is 0 Å².